The summed E-state index contributed by atoms with van der Waals surface area (Å²) in [4.78, 5) is 26.0. The molecular formula is C24H28N2O4. The van der Waals surface area contributed by atoms with Gasteiger partial charge in [-0.2, -0.15) is 0 Å². The van der Waals surface area contributed by atoms with Crippen molar-refractivity contribution in [1.29, 1.82) is 0 Å². The Balaban J connectivity index is 0.000000343. The van der Waals surface area contributed by atoms with Crippen LogP contribution in [0.2, 0.25) is 0 Å². The summed E-state index contributed by atoms with van der Waals surface area (Å²) in [7, 11) is 4.29. The van der Waals surface area contributed by atoms with Crippen LogP contribution >= 0.6 is 0 Å². The number of hydrogen-bond donors (Lipinski definition) is 2. The molecule has 3 rings (SSSR count). The van der Waals surface area contributed by atoms with Gasteiger partial charge in [0, 0.05) is 36.5 Å². The van der Waals surface area contributed by atoms with Gasteiger partial charge >= 0.3 is 11.9 Å². The summed E-state index contributed by atoms with van der Waals surface area (Å²) in [6, 6.07) is 15.0. The maximum absolute atomic E-state index is 9.55. The number of rotatable bonds is 7. The number of carboxylic acid groups (broad SMARTS) is 2. The Hall–Kier alpha value is -3.25. The van der Waals surface area contributed by atoms with Crippen LogP contribution in [0.1, 0.15) is 36.1 Å². The number of fused-ring (bicyclic) bond motifs is 1. The van der Waals surface area contributed by atoms with Crippen LogP contribution in [0, 0.1) is 0 Å². The first-order valence-electron chi connectivity index (χ1n) is 9.79. The van der Waals surface area contributed by atoms with Crippen molar-refractivity contribution in [2.24, 2.45) is 0 Å². The molecule has 2 N–H and O–H groups in total. The van der Waals surface area contributed by atoms with Crippen LogP contribution in [0.15, 0.2) is 66.4 Å². The van der Waals surface area contributed by atoms with E-state index < -0.39 is 11.9 Å². The fourth-order valence-electron chi connectivity index (χ4n) is 3.50. The molecule has 1 heterocycles. The van der Waals surface area contributed by atoms with E-state index in [0.717, 1.165) is 25.1 Å². The lowest BCUT2D eigenvalue weighted by Crippen LogP contribution is -2.14. The molecule has 158 valence electrons. The number of benzene rings is 1. The van der Waals surface area contributed by atoms with E-state index >= 15 is 0 Å². The van der Waals surface area contributed by atoms with Crippen LogP contribution in [-0.2, 0) is 16.0 Å². The van der Waals surface area contributed by atoms with Gasteiger partial charge in [0.05, 0.1) is 0 Å². The number of allylic oxidation sites excluding steroid dienone is 1. The largest absolute Gasteiger partial charge is 0.478 e. The third kappa shape index (κ3) is 6.67. The number of aliphatic carboxylic acids is 2. The van der Waals surface area contributed by atoms with Crippen molar-refractivity contribution in [2.45, 2.75) is 25.7 Å². The number of pyridine rings is 1. The Kier molecular flexibility index (Phi) is 8.50. The van der Waals surface area contributed by atoms with Crippen molar-refractivity contribution in [3.05, 3.63) is 83.2 Å². The molecule has 2 aromatic rings. The third-order valence-corrected chi connectivity index (χ3v) is 4.89. The van der Waals surface area contributed by atoms with Gasteiger partial charge in [-0.25, -0.2) is 9.59 Å². The van der Waals surface area contributed by atoms with Crippen LogP contribution in [0.3, 0.4) is 0 Å². The Labute approximate surface area is 177 Å². The fraction of sp³-hybridized carbons (Fsp3) is 0.292. The first-order valence-corrected chi connectivity index (χ1v) is 9.79. The lowest BCUT2D eigenvalue weighted by molar-refractivity contribution is -0.134. The Bertz CT molecular complexity index is 917. The molecule has 1 aliphatic carbocycles. The standard InChI is InChI=1S/C20H24N2.C4H4O4/c1-15(19-10-6-7-12-21-19)20-17(11-13-22(2)3)14-16-8-4-5-9-18(16)20;5-3(6)1-2-4(7)8/h4-10,12,15H,11,13-14H2,1-3H3;1-2H,(H,5,6)(H,7,8)/t15-;/m0./s1. The maximum atomic E-state index is 9.55. The molecule has 0 amide bonds. The fourth-order valence-corrected chi connectivity index (χ4v) is 3.50. The number of aromatic nitrogens is 1. The predicted octanol–water partition coefficient (Wildman–Crippen LogP) is 3.86. The quantitative estimate of drug-likeness (QED) is 0.676. The second kappa shape index (κ2) is 11.1. The van der Waals surface area contributed by atoms with Crippen LogP contribution in [0.25, 0.3) is 5.57 Å². The highest BCUT2D eigenvalue weighted by molar-refractivity contribution is 5.89. The Morgan fingerprint density at radius 1 is 1.07 bits per heavy atom. The van der Waals surface area contributed by atoms with E-state index in [1.165, 1.54) is 16.7 Å². The number of nitrogens with zero attached hydrogens (tertiary/aromatic N) is 2. The number of carboxylic acids is 2. The molecule has 1 atom stereocenters. The lowest BCUT2D eigenvalue weighted by Gasteiger charge is -2.18. The molecule has 0 spiro atoms. The normalized spacial score (nSPS) is 13.7. The van der Waals surface area contributed by atoms with Crippen molar-refractivity contribution in [3.63, 3.8) is 0 Å². The summed E-state index contributed by atoms with van der Waals surface area (Å²) in [6.45, 7) is 3.39. The monoisotopic (exact) mass is 408 g/mol. The zero-order valence-electron chi connectivity index (χ0n) is 17.6. The van der Waals surface area contributed by atoms with E-state index in [0.29, 0.717) is 18.1 Å². The van der Waals surface area contributed by atoms with Gasteiger partial charge in [-0.15, -0.1) is 0 Å². The van der Waals surface area contributed by atoms with Crippen molar-refractivity contribution >= 4 is 17.5 Å². The van der Waals surface area contributed by atoms with Gasteiger partial charge < -0.3 is 15.1 Å². The molecule has 1 aliphatic rings. The smallest absolute Gasteiger partial charge is 0.328 e. The molecule has 0 aliphatic heterocycles. The molecule has 1 aromatic carbocycles. The molecule has 0 radical (unpaired) electrons. The van der Waals surface area contributed by atoms with Crippen molar-refractivity contribution in [2.75, 3.05) is 20.6 Å². The van der Waals surface area contributed by atoms with Crippen molar-refractivity contribution in [1.82, 2.24) is 9.88 Å². The van der Waals surface area contributed by atoms with Gasteiger partial charge in [-0.1, -0.05) is 42.8 Å². The summed E-state index contributed by atoms with van der Waals surface area (Å²) >= 11 is 0. The summed E-state index contributed by atoms with van der Waals surface area (Å²) in [5.41, 5.74) is 7.13. The van der Waals surface area contributed by atoms with Gasteiger partial charge in [-0.05, 0) is 55.8 Å². The van der Waals surface area contributed by atoms with Crippen LogP contribution < -0.4 is 0 Å². The first kappa shape index (κ1) is 23.0. The van der Waals surface area contributed by atoms with E-state index in [1.807, 2.05) is 12.3 Å². The van der Waals surface area contributed by atoms with E-state index in [9.17, 15) is 9.59 Å². The second-order valence-electron chi connectivity index (χ2n) is 7.39. The van der Waals surface area contributed by atoms with Gasteiger partial charge in [0.1, 0.15) is 0 Å². The minimum Gasteiger partial charge on any atom is -0.478 e. The van der Waals surface area contributed by atoms with E-state index in [-0.39, 0.29) is 0 Å². The molecule has 6 heteroatoms. The predicted molar refractivity (Wildman–Crippen MR) is 117 cm³/mol. The summed E-state index contributed by atoms with van der Waals surface area (Å²) in [6.07, 6.45) is 5.24. The summed E-state index contributed by atoms with van der Waals surface area (Å²) < 4.78 is 0. The maximum Gasteiger partial charge on any atom is 0.328 e. The average molecular weight is 408 g/mol. The van der Waals surface area contributed by atoms with Gasteiger partial charge in [0.15, 0.2) is 0 Å². The molecule has 1 aromatic heterocycles. The molecule has 0 saturated heterocycles. The summed E-state index contributed by atoms with van der Waals surface area (Å²) in [5.74, 6) is -2.16. The first-order chi connectivity index (χ1) is 14.3. The minimum absolute atomic E-state index is 0.349. The SMILES string of the molecule is C[C@H](C1=C(CCN(C)C)Cc2ccccc21)c1ccccn1.O=C(O)C=CC(=O)O. The average Bonchev–Trinajstić information content (AvgIpc) is 3.09. The molecule has 0 saturated carbocycles. The highest BCUT2D eigenvalue weighted by Gasteiger charge is 2.26. The lowest BCUT2D eigenvalue weighted by atomic mass is 9.89. The van der Waals surface area contributed by atoms with Crippen molar-refractivity contribution < 1.29 is 19.8 Å². The van der Waals surface area contributed by atoms with Gasteiger partial charge in [0.2, 0.25) is 0 Å². The highest BCUT2D eigenvalue weighted by atomic mass is 16.4. The van der Waals surface area contributed by atoms with Gasteiger partial charge in [0.25, 0.3) is 0 Å². The zero-order chi connectivity index (χ0) is 22.1. The number of hydrogen-bond acceptors (Lipinski definition) is 4. The molecule has 0 bridgehead atoms. The molecule has 0 fully saturated rings. The van der Waals surface area contributed by atoms with E-state index in [2.05, 4.69) is 67.3 Å². The molecule has 0 unspecified atom stereocenters. The van der Waals surface area contributed by atoms with E-state index in [1.54, 1.807) is 5.57 Å². The van der Waals surface area contributed by atoms with Crippen molar-refractivity contribution in [3.8, 4) is 0 Å². The second-order valence-corrected chi connectivity index (χ2v) is 7.39. The molecular weight excluding hydrogens is 380 g/mol. The summed E-state index contributed by atoms with van der Waals surface area (Å²) in [5, 5.41) is 15.6. The van der Waals surface area contributed by atoms with Crippen LogP contribution in [0.5, 0.6) is 0 Å². The van der Waals surface area contributed by atoms with Crippen LogP contribution in [0.4, 0.5) is 0 Å². The van der Waals surface area contributed by atoms with Gasteiger partial charge in [-0.3, -0.25) is 4.98 Å². The van der Waals surface area contributed by atoms with E-state index in [4.69, 9.17) is 10.2 Å². The molecule has 30 heavy (non-hydrogen) atoms. The molecule has 6 nitrogen and oxygen atoms in total. The minimum atomic E-state index is -1.26. The Morgan fingerprint density at radius 2 is 1.70 bits per heavy atom. The number of carbonyl (C=O) groups is 2. The highest BCUT2D eigenvalue weighted by Crippen LogP contribution is 2.42. The Morgan fingerprint density at radius 3 is 2.27 bits per heavy atom. The topological polar surface area (TPSA) is 90.7 Å². The van der Waals surface area contributed by atoms with Crippen LogP contribution in [-0.4, -0.2) is 52.7 Å². The zero-order valence-corrected chi connectivity index (χ0v) is 17.6. The third-order valence-electron chi connectivity index (χ3n) is 4.89.